The van der Waals surface area contributed by atoms with Crippen molar-refractivity contribution in [3.63, 3.8) is 0 Å². The second-order valence-electron chi connectivity index (χ2n) is 8.09. The Bertz CT molecular complexity index is 1000. The summed E-state index contributed by atoms with van der Waals surface area (Å²) in [5, 5.41) is 2.17. The number of nitrogens with zero attached hydrogens (tertiary/aromatic N) is 3. The molecule has 6 nitrogen and oxygen atoms in total. The SMILES string of the molecule is O=C(c1ccc(S(=O)(=O)N2CCCC2)cc1)N1CC(N2CCc3sccc3C2)C1. The number of fused-ring (bicyclic) bond motifs is 1. The van der Waals surface area contributed by atoms with Crippen molar-refractivity contribution in [2.75, 3.05) is 32.7 Å². The quantitative estimate of drug-likeness (QED) is 0.746. The molecule has 3 aliphatic heterocycles. The van der Waals surface area contributed by atoms with Crippen molar-refractivity contribution < 1.29 is 13.2 Å². The van der Waals surface area contributed by atoms with E-state index < -0.39 is 10.0 Å². The Hall–Kier alpha value is -1.74. The minimum absolute atomic E-state index is 0.0143. The van der Waals surface area contributed by atoms with Crippen LogP contribution in [0.15, 0.2) is 40.6 Å². The van der Waals surface area contributed by atoms with Crippen molar-refractivity contribution in [1.29, 1.82) is 0 Å². The summed E-state index contributed by atoms with van der Waals surface area (Å²) in [6.45, 7) is 4.69. The van der Waals surface area contributed by atoms with Gasteiger partial charge >= 0.3 is 0 Å². The van der Waals surface area contributed by atoms with Crippen LogP contribution in [-0.2, 0) is 23.0 Å². The Morgan fingerprint density at radius 1 is 1.00 bits per heavy atom. The fourth-order valence-corrected chi connectivity index (χ4v) is 6.87. The van der Waals surface area contributed by atoms with E-state index in [1.165, 1.54) is 14.7 Å². The van der Waals surface area contributed by atoms with Gasteiger partial charge in [-0.25, -0.2) is 8.42 Å². The van der Waals surface area contributed by atoms with Crippen LogP contribution in [0.3, 0.4) is 0 Å². The van der Waals surface area contributed by atoms with Crippen molar-refractivity contribution >= 4 is 27.3 Å². The highest BCUT2D eigenvalue weighted by molar-refractivity contribution is 7.89. The first-order chi connectivity index (χ1) is 14.0. The summed E-state index contributed by atoms with van der Waals surface area (Å²) in [5.74, 6) is -0.0143. The van der Waals surface area contributed by atoms with Gasteiger partial charge in [0.15, 0.2) is 0 Å². The van der Waals surface area contributed by atoms with Gasteiger partial charge in [-0.15, -0.1) is 11.3 Å². The van der Waals surface area contributed by atoms with E-state index >= 15 is 0 Å². The second kappa shape index (κ2) is 7.50. The molecule has 0 atom stereocenters. The van der Waals surface area contributed by atoms with E-state index in [1.807, 2.05) is 16.2 Å². The standard InChI is InChI=1S/C21H25N3O3S2/c25-21(16-3-5-19(6-4-16)29(26,27)24-9-1-2-10-24)23-14-18(15-23)22-11-7-20-17(13-22)8-12-28-20/h3-6,8,12,18H,1-2,7,9-11,13-15H2. The number of likely N-dealkylation sites (tertiary alicyclic amines) is 1. The van der Waals surface area contributed by atoms with Gasteiger partial charge in [0.05, 0.1) is 4.90 Å². The summed E-state index contributed by atoms with van der Waals surface area (Å²) >= 11 is 1.84. The molecule has 154 valence electrons. The molecule has 2 aromatic rings. The van der Waals surface area contributed by atoms with Gasteiger partial charge in [0.25, 0.3) is 5.91 Å². The molecule has 2 fully saturated rings. The number of rotatable bonds is 4. The molecule has 5 rings (SSSR count). The first-order valence-electron chi connectivity index (χ1n) is 10.2. The van der Waals surface area contributed by atoms with Gasteiger partial charge in [-0.3, -0.25) is 9.69 Å². The van der Waals surface area contributed by atoms with Crippen molar-refractivity contribution in [2.24, 2.45) is 0 Å². The number of carbonyl (C=O) groups is 1. The van der Waals surface area contributed by atoms with Crippen molar-refractivity contribution in [1.82, 2.24) is 14.1 Å². The van der Waals surface area contributed by atoms with Crippen LogP contribution >= 0.6 is 11.3 Å². The molecule has 0 saturated carbocycles. The number of sulfonamides is 1. The van der Waals surface area contributed by atoms with Crippen molar-refractivity contribution in [2.45, 2.75) is 36.7 Å². The summed E-state index contributed by atoms with van der Waals surface area (Å²) in [6.07, 6.45) is 2.93. The summed E-state index contributed by atoms with van der Waals surface area (Å²) in [6, 6.07) is 9.07. The number of amides is 1. The van der Waals surface area contributed by atoms with Crippen LogP contribution in [0.5, 0.6) is 0 Å². The lowest BCUT2D eigenvalue weighted by Crippen LogP contribution is -2.61. The van der Waals surface area contributed by atoms with Crippen LogP contribution < -0.4 is 0 Å². The molecule has 0 bridgehead atoms. The molecular formula is C21H25N3O3S2. The van der Waals surface area contributed by atoms with E-state index in [2.05, 4.69) is 16.3 Å². The van der Waals surface area contributed by atoms with Crippen LogP contribution in [0.1, 0.15) is 33.6 Å². The van der Waals surface area contributed by atoms with Crippen molar-refractivity contribution in [3.8, 4) is 0 Å². The van der Waals surface area contributed by atoms with Gasteiger partial charge in [0.2, 0.25) is 10.0 Å². The normalized spacial score (nSPS) is 21.2. The fourth-order valence-electron chi connectivity index (χ4n) is 4.46. The van der Waals surface area contributed by atoms with Crippen LogP contribution in [-0.4, -0.2) is 67.2 Å². The first-order valence-corrected chi connectivity index (χ1v) is 12.5. The fraction of sp³-hybridized carbons (Fsp3) is 0.476. The maximum atomic E-state index is 12.8. The highest BCUT2D eigenvalue weighted by Gasteiger charge is 2.36. The van der Waals surface area contributed by atoms with E-state index in [4.69, 9.17) is 0 Å². The van der Waals surface area contributed by atoms with Gasteiger partial charge in [0, 0.05) is 55.8 Å². The average molecular weight is 432 g/mol. The van der Waals surface area contributed by atoms with Crippen molar-refractivity contribution in [3.05, 3.63) is 51.7 Å². The molecule has 1 aromatic heterocycles. The molecular weight excluding hydrogens is 406 g/mol. The topological polar surface area (TPSA) is 60.9 Å². The zero-order chi connectivity index (χ0) is 20.0. The summed E-state index contributed by atoms with van der Waals surface area (Å²) in [4.78, 5) is 18.9. The summed E-state index contributed by atoms with van der Waals surface area (Å²) in [5.41, 5.74) is 1.99. The molecule has 0 aliphatic carbocycles. The predicted molar refractivity (Wildman–Crippen MR) is 113 cm³/mol. The summed E-state index contributed by atoms with van der Waals surface area (Å²) < 4.78 is 26.8. The third-order valence-electron chi connectivity index (χ3n) is 6.31. The Morgan fingerprint density at radius 2 is 1.72 bits per heavy atom. The van der Waals surface area contributed by atoms with Gasteiger partial charge in [-0.1, -0.05) is 0 Å². The highest BCUT2D eigenvalue weighted by Crippen LogP contribution is 2.28. The monoisotopic (exact) mass is 431 g/mol. The van der Waals surface area contributed by atoms with E-state index in [0.717, 1.165) is 45.4 Å². The van der Waals surface area contributed by atoms with Crippen LogP contribution in [0.2, 0.25) is 0 Å². The lowest BCUT2D eigenvalue weighted by atomic mass is 10.0. The molecule has 2 saturated heterocycles. The molecule has 29 heavy (non-hydrogen) atoms. The molecule has 8 heteroatoms. The van der Waals surface area contributed by atoms with Crippen LogP contribution in [0, 0.1) is 0 Å². The highest BCUT2D eigenvalue weighted by atomic mass is 32.2. The van der Waals surface area contributed by atoms with Gasteiger partial charge in [-0.05, 0) is 60.5 Å². The largest absolute Gasteiger partial charge is 0.335 e. The Kier molecular flexibility index (Phi) is 4.98. The number of benzene rings is 1. The third kappa shape index (κ3) is 3.52. The first kappa shape index (κ1) is 19.2. The third-order valence-corrected chi connectivity index (χ3v) is 9.24. The number of carbonyl (C=O) groups excluding carboxylic acids is 1. The smallest absolute Gasteiger partial charge is 0.253 e. The number of hydrogen-bond donors (Lipinski definition) is 0. The van der Waals surface area contributed by atoms with Gasteiger partial charge in [0.1, 0.15) is 0 Å². The minimum atomic E-state index is -3.43. The molecule has 4 heterocycles. The van der Waals surface area contributed by atoms with Crippen LogP contribution in [0.4, 0.5) is 0 Å². The van der Waals surface area contributed by atoms with Gasteiger partial charge in [-0.2, -0.15) is 4.31 Å². The second-order valence-corrected chi connectivity index (χ2v) is 11.0. The van der Waals surface area contributed by atoms with E-state index in [9.17, 15) is 13.2 Å². The molecule has 3 aliphatic rings. The van der Waals surface area contributed by atoms with E-state index in [0.29, 0.717) is 24.7 Å². The van der Waals surface area contributed by atoms with E-state index in [-0.39, 0.29) is 10.8 Å². The molecule has 1 amide bonds. The molecule has 0 spiro atoms. The Balaban J connectivity index is 1.20. The van der Waals surface area contributed by atoms with E-state index in [1.54, 1.807) is 24.3 Å². The predicted octanol–water partition coefficient (Wildman–Crippen LogP) is 2.42. The van der Waals surface area contributed by atoms with Crippen LogP contribution in [0.25, 0.3) is 0 Å². The minimum Gasteiger partial charge on any atom is -0.335 e. The van der Waals surface area contributed by atoms with Gasteiger partial charge < -0.3 is 4.90 Å². The Labute approximate surface area is 175 Å². The number of hydrogen-bond acceptors (Lipinski definition) is 5. The molecule has 0 unspecified atom stereocenters. The molecule has 0 radical (unpaired) electrons. The lowest BCUT2D eigenvalue weighted by molar-refractivity contribution is 0.0221. The Morgan fingerprint density at radius 3 is 2.45 bits per heavy atom. The number of thiophene rings is 1. The molecule has 0 N–H and O–H groups in total. The lowest BCUT2D eigenvalue weighted by Gasteiger charge is -2.46. The zero-order valence-electron chi connectivity index (χ0n) is 16.3. The maximum absolute atomic E-state index is 12.8. The zero-order valence-corrected chi connectivity index (χ0v) is 17.9. The maximum Gasteiger partial charge on any atom is 0.253 e. The summed E-state index contributed by atoms with van der Waals surface area (Å²) in [7, 11) is -3.43. The average Bonchev–Trinajstić information content (AvgIpc) is 3.38. The molecule has 1 aromatic carbocycles.